The summed E-state index contributed by atoms with van der Waals surface area (Å²) in [7, 11) is 1.35. The Morgan fingerprint density at radius 2 is 1.49 bits per heavy atom. The highest BCUT2D eigenvalue weighted by molar-refractivity contribution is 8.00. The first-order chi connectivity index (χ1) is 25.7. The summed E-state index contributed by atoms with van der Waals surface area (Å²) >= 11 is 15.6. The molecule has 1 unspecified atom stereocenters. The predicted molar refractivity (Wildman–Crippen MR) is 214 cm³/mol. The molecule has 0 radical (unpaired) electrons. The second-order valence-corrected chi connectivity index (χ2v) is 15.3. The van der Waals surface area contributed by atoms with E-state index in [2.05, 4.69) is 16.0 Å². The molecule has 0 spiro atoms. The molecule has 270 valence electrons. The highest BCUT2D eigenvalue weighted by atomic mass is 35.5. The molecule has 1 aromatic heterocycles. The highest BCUT2D eigenvalue weighted by Crippen LogP contribution is 2.41. The molecule has 4 aromatic carbocycles. The lowest BCUT2D eigenvalue weighted by Crippen LogP contribution is -2.30. The first-order valence-electron chi connectivity index (χ1n) is 16.9. The molecule has 6 rings (SSSR count). The van der Waals surface area contributed by atoms with Crippen LogP contribution in [0.25, 0.3) is 6.08 Å². The minimum absolute atomic E-state index is 0.0794. The lowest BCUT2D eigenvalue weighted by Gasteiger charge is -2.18. The minimum atomic E-state index is -0.711. The van der Waals surface area contributed by atoms with Gasteiger partial charge in [0.25, 0.3) is 11.8 Å². The number of halogens is 2. The summed E-state index contributed by atoms with van der Waals surface area (Å²) in [6.07, 6.45) is 6.14. The summed E-state index contributed by atoms with van der Waals surface area (Å²) < 4.78 is 5.15. The molecule has 3 N–H and O–H groups in total. The topological polar surface area (TPSA) is 114 Å². The zero-order chi connectivity index (χ0) is 37.3. The van der Waals surface area contributed by atoms with E-state index in [0.29, 0.717) is 42.3 Å². The number of thiophene rings is 1. The number of hydrogen-bond donors (Lipinski definition) is 3. The zero-order valence-electron chi connectivity index (χ0n) is 28.6. The molecule has 0 bridgehead atoms. The van der Waals surface area contributed by atoms with Gasteiger partial charge in [-0.25, -0.2) is 4.79 Å². The van der Waals surface area contributed by atoms with Crippen molar-refractivity contribution in [1.29, 1.82) is 0 Å². The number of fused-ring (bicyclic) bond motifs is 1. The summed E-state index contributed by atoms with van der Waals surface area (Å²) in [5.74, 6) is -1.87. The third kappa shape index (κ3) is 9.39. The molecule has 0 aliphatic heterocycles. The fourth-order valence-electron chi connectivity index (χ4n) is 5.94. The summed E-state index contributed by atoms with van der Waals surface area (Å²) in [5, 5.41) is 9.03. The summed E-state index contributed by atoms with van der Waals surface area (Å²) in [4.78, 5) is 55.9. The maximum Gasteiger partial charge on any atom is 0.341 e. The van der Waals surface area contributed by atoms with Crippen LogP contribution in [0.2, 0.25) is 10.0 Å². The summed E-state index contributed by atoms with van der Waals surface area (Å²) in [5.41, 5.74) is 3.23. The molecule has 0 fully saturated rings. The Bertz CT molecular complexity index is 2150. The van der Waals surface area contributed by atoms with Crippen LogP contribution in [0.5, 0.6) is 0 Å². The molecule has 1 atom stereocenters. The molecule has 0 saturated carbocycles. The lowest BCUT2D eigenvalue weighted by atomic mass is 10.1. The second-order valence-electron chi connectivity index (χ2n) is 12.2. The van der Waals surface area contributed by atoms with Crippen molar-refractivity contribution in [3.05, 3.63) is 152 Å². The number of carbonyl (C=O) groups excluding carboxylic acids is 4. The third-order valence-electron chi connectivity index (χ3n) is 8.55. The van der Waals surface area contributed by atoms with Crippen LogP contribution in [0.3, 0.4) is 0 Å². The smallest absolute Gasteiger partial charge is 0.341 e. The maximum absolute atomic E-state index is 14.1. The van der Waals surface area contributed by atoms with Crippen molar-refractivity contribution >= 4 is 86.8 Å². The van der Waals surface area contributed by atoms with E-state index >= 15 is 0 Å². The third-order valence-corrected chi connectivity index (χ3v) is 11.7. The number of anilines is 2. The van der Waals surface area contributed by atoms with Crippen molar-refractivity contribution in [2.45, 2.75) is 42.2 Å². The fourth-order valence-corrected chi connectivity index (χ4v) is 8.81. The number of aryl methyl sites for hydroxylation is 1. The van der Waals surface area contributed by atoms with Crippen LogP contribution in [0.15, 0.2) is 114 Å². The van der Waals surface area contributed by atoms with Gasteiger partial charge >= 0.3 is 5.97 Å². The van der Waals surface area contributed by atoms with Gasteiger partial charge in [-0.15, -0.1) is 23.1 Å². The molecule has 5 aromatic rings. The van der Waals surface area contributed by atoms with Crippen LogP contribution >= 0.6 is 46.3 Å². The largest absolute Gasteiger partial charge is 0.465 e. The van der Waals surface area contributed by atoms with Gasteiger partial charge in [0.15, 0.2) is 0 Å². The van der Waals surface area contributed by atoms with Crippen LogP contribution in [-0.2, 0) is 27.2 Å². The Kier molecular flexibility index (Phi) is 12.7. The van der Waals surface area contributed by atoms with Gasteiger partial charge in [0.2, 0.25) is 5.91 Å². The first-order valence-corrected chi connectivity index (χ1v) is 19.4. The monoisotopic (exact) mass is 783 g/mol. The number of methoxy groups -OCH3 is 1. The average molecular weight is 785 g/mol. The van der Waals surface area contributed by atoms with Crippen LogP contribution in [0.1, 0.15) is 66.8 Å². The fraction of sp³-hybridized carbons (Fsp3) is 0.171. The Labute approximate surface area is 325 Å². The number of hydrogen-bond acceptors (Lipinski definition) is 7. The number of carbonyl (C=O) groups is 4. The van der Waals surface area contributed by atoms with Crippen LogP contribution in [-0.4, -0.2) is 30.8 Å². The molecular formula is C41H35Cl2N3O5S2. The molecule has 53 heavy (non-hydrogen) atoms. The number of esters is 1. The van der Waals surface area contributed by atoms with Gasteiger partial charge in [0, 0.05) is 36.6 Å². The molecule has 3 amide bonds. The van der Waals surface area contributed by atoms with Crippen molar-refractivity contribution in [3.63, 3.8) is 0 Å². The minimum Gasteiger partial charge on any atom is -0.465 e. The maximum atomic E-state index is 14.1. The molecule has 8 nitrogen and oxygen atoms in total. The summed E-state index contributed by atoms with van der Waals surface area (Å²) in [6, 6.07) is 29.9. The number of thioether (sulfide) groups is 1. The van der Waals surface area contributed by atoms with E-state index in [1.165, 1.54) is 36.3 Å². The SMILES string of the molecule is COC(=O)c1c(NC(=O)C(Sc2cccc(NC(=O)/C(=C\c3c(Cl)cccc3Cl)NC(=O)c3ccccc3)c2)c2ccccc2)sc2c1CCCCC2. The van der Waals surface area contributed by atoms with Crippen LogP contribution < -0.4 is 16.0 Å². The Balaban J connectivity index is 1.26. The van der Waals surface area contributed by atoms with Crippen LogP contribution in [0, 0.1) is 0 Å². The first kappa shape index (κ1) is 37.9. The number of rotatable bonds is 11. The van der Waals surface area contributed by atoms with Crippen molar-refractivity contribution in [1.82, 2.24) is 5.32 Å². The Hall–Kier alpha value is -4.87. The number of ether oxygens (including phenoxy) is 1. The second kappa shape index (κ2) is 17.8. The van der Waals surface area contributed by atoms with Crippen molar-refractivity contribution in [3.8, 4) is 0 Å². The van der Waals surface area contributed by atoms with E-state index in [0.717, 1.165) is 48.1 Å². The van der Waals surface area contributed by atoms with E-state index in [9.17, 15) is 19.2 Å². The molecule has 1 heterocycles. The lowest BCUT2D eigenvalue weighted by molar-refractivity contribution is -0.116. The van der Waals surface area contributed by atoms with Crippen molar-refractivity contribution < 1.29 is 23.9 Å². The highest BCUT2D eigenvalue weighted by Gasteiger charge is 2.29. The van der Waals surface area contributed by atoms with Gasteiger partial charge in [-0.1, -0.05) is 90.3 Å². The van der Waals surface area contributed by atoms with Crippen LogP contribution in [0.4, 0.5) is 10.7 Å². The van der Waals surface area contributed by atoms with Crippen molar-refractivity contribution in [2.24, 2.45) is 0 Å². The van der Waals surface area contributed by atoms with Gasteiger partial charge in [0.05, 0.1) is 12.7 Å². The molecule has 1 aliphatic carbocycles. The molecule has 1 aliphatic rings. The van der Waals surface area contributed by atoms with E-state index in [1.54, 1.807) is 66.7 Å². The molecule has 12 heteroatoms. The van der Waals surface area contributed by atoms with E-state index in [-0.39, 0.29) is 11.6 Å². The van der Waals surface area contributed by atoms with Gasteiger partial charge in [-0.3, -0.25) is 14.4 Å². The normalized spacial score (nSPS) is 13.2. The van der Waals surface area contributed by atoms with E-state index < -0.39 is 23.0 Å². The van der Waals surface area contributed by atoms with E-state index in [4.69, 9.17) is 27.9 Å². The Morgan fingerprint density at radius 3 is 2.21 bits per heavy atom. The molecular weight excluding hydrogens is 750 g/mol. The number of benzene rings is 4. The average Bonchev–Trinajstić information content (AvgIpc) is 3.34. The quantitative estimate of drug-likeness (QED) is 0.0532. The number of nitrogens with one attached hydrogen (secondary N) is 3. The number of amides is 3. The standard InChI is InChI=1S/C41H35Cl2N3O5S2/c1-51-41(50)35-29-19-9-4-10-22-34(29)53-40(35)46-39(49)36(25-13-5-2-6-14-25)52-28-18-11-17-27(23-28)44-38(48)33(24-30-31(42)20-12-21-32(30)43)45-37(47)26-15-7-3-8-16-26/h2-3,5-8,11-18,20-21,23-24,36H,4,9-10,19,22H2,1H3,(H,44,48)(H,45,47)(H,46,49)/b33-24+. The predicted octanol–water partition coefficient (Wildman–Crippen LogP) is 9.99. The Morgan fingerprint density at radius 1 is 0.811 bits per heavy atom. The van der Waals surface area contributed by atoms with Gasteiger partial charge < -0.3 is 20.7 Å². The van der Waals surface area contributed by atoms with Crippen molar-refractivity contribution in [2.75, 3.05) is 17.7 Å². The van der Waals surface area contributed by atoms with Gasteiger partial charge in [-0.05, 0) is 85.4 Å². The zero-order valence-corrected chi connectivity index (χ0v) is 31.8. The summed E-state index contributed by atoms with van der Waals surface area (Å²) in [6.45, 7) is 0. The van der Waals surface area contributed by atoms with Gasteiger partial charge in [-0.2, -0.15) is 0 Å². The molecule has 0 saturated heterocycles. The van der Waals surface area contributed by atoms with Gasteiger partial charge in [0.1, 0.15) is 15.9 Å². The van der Waals surface area contributed by atoms with E-state index in [1.807, 2.05) is 36.4 Å².